The van der Waals surface area contributed by atoms with Crippen LogP contribution < -0.4 is 9.64 Å². The molecular formula is C39H58F2N8O6S. The Morgan fingerprint density at radius 1 is 0.893 bits per heavy atom. The van der Waals surface area contributed by atoms with Crippen LogP contribution >= 0.6 is 0 Å². The molecule has 5 heterocycles. The number of piperidine rings is 2. The average Bonchev–Trinajstić information content (AvgIpc) is 3.11. The fourth-order valence-electron chi connectivity index (χ4n) is 8.38. The van der Waals surface area contributed by atoms with Crippen LogP contribution in [0.2, 0.25) is 0 Å². The highest BCUT2D eigenvalue weighted by Gasteiger charge is 2.48. The number of rotatable bonds is 10. The molecule has 310 valence electrons. The first-order valence-electron chi connectivity index (χ1n) is 19.8. The van der Waals surface area contributed by atoms with E-state index >= 15 is 4.39 Å². The molecular weight excluding hydrogens is 747 g/mol. The summed E-state index contributed by atoms with van der Waals surface area (Å²) >= 11 is 0. The number of hydrogen-bond donors (Lipinski definition) is 0. The summed E-state index contributed by atoms with van der Waals surface area (Å²) in [6, 6.07) is 3.74. The molecule has 0 saturated carbocycles. The lowest BCUT2D eigenvalue weighted by Crippen LogP contribution is -2.62. The van der Waals surface area contributed by atoms with Crippen LogP contribution in [0.1, 0.15) is 84.5 Å². The Kier molecular flexibility index (Phi) is 12.2. The summed E-state index contributed by atoms with van der Waals surface area (Å²) in [5, 5.41) is 0. The fourth-order valence-corrected chi connectivity index (χ4v) is 9.98. The molecule has 4 aliphatic rings. The molecule has 17 heteroatoms. The van der Waals surface area contributed by atoms with Crippen LogP contribution in [0.25, 0.3) is 0 Å². The van der Waals surface area contributed by atoms with Gasteiger partial charge in [0.2, 0.25) is 0 Å². The maximum absolute atomic E-state index is 16.2. The molecule has 4 aliphatic heterocycles. The van der Waals surface area contributed by atoms with E-state index in [0.29, 0.717) is 11.6 Å². The van der Waals surface area contributed by atoms with E-state index in [0.717, 1.165) is 39.0 Å². The van der Waals surface area contributed by atoms with Crippen molar-refractivity contribution in [1.82, 2.24) is 33.3 Å². The molecule has 56 heavy (non-hydrogen) atoms. The minimum atomic E-state index is -3.78. The summed E-state index contributed by atoms with van der Waals surface area (Å²) in [6.07, 6.45) is 4.58. The van der Waals surface area contributed by atoms with Gasteiger partial charge in [-0.15, -0.1) is 0 Å². The van der Waals surface area contributed by atoms with Gasteiger partial charge in [-0.3, -0.25) is 4.79 Å². The maximum atomic E-state index is 16.2. The van der Waals surface area contributed by atoms with E-state index < -0.39 is 33.4 Å². The SMILES string of the molecule is CC(C)N(C(=O)c1cc(F)ccc1Oc1cncnc1N1CC2(CCN(CC3(F)CCN(S(=O)(=O)N4CCN(C(=O)OC(C)(C)C)CC4)CC3)CC2)C1)C(C)C. The predicted molar refractivity (Wildman–Crippen MR) is 208 cm³/mol. The quantitative estimate of drug-likeness (QED) is 0.317. The second kappa shape index (κ2) is 16.3. The summed E-state index contributed by atoms with van der Waals surface area (Å²) < 4.78 is 72.0. The van der Waals surface area contributed by atoms with Crippen molar-refractivity contribution in [2.45, 2.75) is 97.5 Å². The van der Waals surface area contributed by atoms with Gasteiger partial charge in [0.1, 0.15) is 29.2 Å². The molecule has 1 aromatic heterocycles. The third-order valence-corrected chi connectivity index (χ3v) is 13.4. The molecule has 1 spiro atoms. The number of aromatic nitrogens is 2. The van der Waals surface area contributed by atoms with Crippen LogP contribution in [-0.4, -0.2) is 149 Å². The Morgan fingerprint density at radius 3 is 2.09 bits per heavy atom. The number of piperazine rings is 1. The molecule has 2 amide bonds. The summed E-state index contributed by atoms with van der Waals surface area (Å²) in [7, 11) is -3.78. The van der Waals surface area contributed by atoms with Gasteiger partial charge in [-0.05, 0) is 105 Å². The number of alkyl halides is 1. The third-order valence-electron chi connectivity index (χ3n) is 11.3. The minimum absolute atomic E-state index is 0.0408. The lowest BCUT2D eigenvalue weighted by molar-refractivity contribution is 0.00726. The molecule has 1 aromatic carbocycles. The Hall–Kier alpha value is -3.67. The number of benzene rings is 1. The Balaban J connectivity index is 0.991. The molecule has 2 aromatic rings. The minimum Gasteiger partial charge on any atom is -0.451 e. The number of amides is 2. The van der Waals surface area contributed by atoms with Gasteiger partial charge in [0, 0.05) is 76.4 Å². The number of ether oxygens (including phenoxy) is 2. The number of hydrogen-bond acceptors (Lipinski definition) is 10. The highest BCUT2D eigenvalue weighted by atomic mass is 32.2. The van der Waals surface area contributed by atoms with Gasteiger partial charge in [-0.1, -0.05) is 0 Å². The summed E-state index contributed by atoms with van der Waals surface area (Å²) in [4.78, 5) is 42.2. The highest BCUT2D eigenvalue weighted by molar-refractivity contribution is 7.86. The standard InChI is InChI=1S/C39H58F2N8O6S/c1-28(2)49(29(3)4)35(50)31-22-30(40)8-9-32(31)54-33-23-42-27-43-34(33)46-24-38(25-46)10-14-44(15-11-38)26-39(41)12-16-47(17-13-39)56(52,53)48-20-18-45(19-21-48)36(51)55-37(5,6)7/h8-9,22-23,27-29H,10-21,24-26H2,1-7H3. The largest absolute Gasteiger partial charge is 0.451 e. The van der Waals surface area contributed by atoms with E-state index in [1.165, 1.54) is 38.0 Å². The van der Waals surface area contributed by atoms with Crippen molar-refractivity contribution in [3.8, 4) is 11.5 Å². The zero-order valence-corrected chi connectivity index (χ0v) is 34.7. The smallest absolute Gasteiger partial charge is 0.410 e. The van der Waals surface area contributed by atoms with E-state index in [-0.39, 0.29) is 93.4 Å². The van der Waals surface area contributed by atoms with Crippen LogP contribution in [0, 0.1) is 11.2 Å². The predicted octanol–water partition coefficient (Wildman–Crippen LogP) is 5.17. The van der Waals surface area contributed by atoms with Crippen LogP contribution in [0.4, 0.5) is 19.4 Å². The number of halogens is 2. The van der Waals surface area contributed by atoms with Crippen molar-refractivity contribution in [1.29, 1.82) is 0 Å². The van der Waals surface area contributed by atoms with Gasteiger partial charge in [0.25, 0.3) is 16.1 Å². The topological polar surface area (TPSA) is 132 Å². The van der Waals surface area contributed by atoms with Gasteiger partial charge in [0.15, 0.2) is 11.6 Å². The first kappa shape index (κ1) is 41.9. The zero-order chi connectivity index (χ0) is 40.6. The van der Waals surface area contributed by atoms with Crippen molar-refractivity contribution in [2.75, 3.05) is 76.9 Å². The van der Waals surface area contributed by atoms with Crippen LogP contribution in [0.15, 0.2) is 30.7 Å². The molecule has 0 radical (unpaired) electrons. The van der Waals surface area contributed by atoms with Crippen molar-refractivity contribution < 1.29 is 36.3 Å². The van der Waals surface area contributed by atoms with Crippen molar-refractivity contribution in [3.63, 3.8) is 0 Å². The van der Waals surface area contributed by atoms with Crippen LogP contribution in [0.5, 0.6) is 11.5 Å². The molecule has 4 saturated heterocycles. The van der Waals surface area contributed by atoms with Gasteiger partial charge in [-0.2, -0.15) is 17.0 Å². The summed E-state index contributed by atoms with van der Waals surface area (Å²) in [6.45, 7) is 17.3. The molecule has 0 atom stereocenters. The highest BCUT2D eigenvalue weighted by Crippen LogP contribution is 2.45. The van der Waals surface area contributed by atoms with Gasteiger partial charge >= 0.3 is 6.09 Å². The summed E-state index contributed by atoms with van der Waals surface area (Å²) in [5.41, 5.74) is -1.94. The van der Waals surface area contributed by atoms with Gasteiger partial charge in [0.05, 0.1) is 11.8 Å². The number of carbonyl (C=O) groups excluding carboxylic acids is 2. The third kappa shape index (κ3) is 9.37. The molecule has 0 aliphatic carbocycles. The zero-order valence-electron chi connectivity index (χ0n) is 33.8. The Labute approximate surface area is 330 Å². The van der Waals surface area contributed by atoms with E-state index in [1.54, 1.807) is 31.9 Å². The van der Waals surface area contributed by atoms with Crippen LogP contribution in [0.3, 0.4) is 0 Å². The molecule has 4 fully saturated rings. The monoisotopic (exact) mass is 804 g/mol. The van der Waals surface area contributed by atoms with E-state index in [9.17, 15) is 22.4 Å². The molecule has 0 N–H and O–H groups in total. The van der Waals surface area contributed by atoms with E-state index in [1.807, 2.05) is 27.7 Å². The van der Waals surface area contributed by atoms with Gasteiger partial charge in [-0.25, -0.2) is 23.5 Å². The Bertz CT molecular complexity index is 1820. The number of nitrogens with zero attached hydrogens (tertiary/aromatic N) is 8. The molecule has 0 unspecified atom stereocenters. The summed E-state index contributed by atoms with van der Waals surface area (Å²) in [5.74, 6) is 0.334. The first-order chi connectivity index (χ1) is 26.3. The second-order valence-corrected chi connectivity index (χ2v) is 19.3. The lowest BCUT2D eigenvalue weighted by atomic mass is 9.71. The number of likely N-dealkylation sites (tertiary alicyclic amines) is 1. The van der Waals surface area contributed by atoms with E-state index in [2.05, 4.69) is 19.8 Å². The molecule has 6 rings (SSSR count). The van der Waals surface area contributed by atoms with Gasteiger partial charge < -0.3 is 29.1 Å². The second-order valence-electron chi connectivity index (χ2n) is 17.4. The normalized spacial score (nSPS) is 21.0. The number of carbonyl (C=O) groups is 2. The molecule has 14 nitrogen and oxygen atoms in total. The van der Waals surface area contributed by atoms with Crippen molar-refractivity contribution in [2.24, 2.45) is 5.41 Å². The molecule has 0 bridgehead atoms. The number of anilines is 1. The lowest BCUT2D eigenvalue weighted by Gasteiger charge is -2.55. The first-order valence-corrected chi connectivity index (χ1v) is 21.2. The maximum Gasteiger partial charge on any atom is 0.410 e. The Morgan fingerprint density at radius 2 is 1.50 bits per heavy atom. The van der Waals surface area contributed by atoms with Crippen LogP contribution in [-0.2, 0) is 14.9 Å². The fraction of sp³-hybridized carbons (Fsp3) is 0.692. The average molecular weight is 805 g/mol. The van der Waals surface area contributed by atoms with Crippen molar-refractivity contribution in [3.05, 3.63) is 42.1 Å². The van der Waals surface area contributed by atoms with Crippen molar-refractivity contribution >= 4 is 28.0 Å². The van der Waals surface area contributed by atoms with E-state index in [4.69, 9.17) is 9.47 Å².